The third kappa shape index (κ3) is 1.37. The zero-order valence-electron chi connectivity index (χ0n) is 5.76. The van der Waals surface area contributed by atoms with Crippen molar-refractivity contribution in [1.29, 1.82) is 0 Å². The van der Waals surface area contributed by atoms with Gasteiger partial charge in [-0.2, -0.15) is 0 Å². The van der Waals surface area contributed by atoms with Gasteiger partial charge in [-0.15, -0.1) is 0 Å². The summed E-state index contributed by atoms with van der Waals surface area (Å²) in [5.74, 6) is -0.267. The summed E-state index contributed by atoms with van der Waals surface area (Å²) < 4.78 is 4.51. The van der Waals surface area contributed by atoms with Gasteiger partial charge in [0.15, 0.2) is 0 Å². The Hall–Kier alpha value is -1.25. The number of carbonyl (C=O) groups is 1. The molecule has 0 aromatic rings. The van der Waals surface area contributed by atoms with Gasteiger partial charge >= 0.3 is 5.97 Å². The van der Waals surface area contributed by atoms with E-state index in [-0.39, 0.29) is 5.97 Å². The second-order valence-electron chi connectivity index (χ2n) is 1.93. The number of nitrogens with one attached hydrogen (secondary N) is 1. The van der Waals surface area contributed by atoms with Gasteiger partial charge in [0.05, 0.1) is 12.7 Å². The van der Waals surface area contributed by atoms with E-state index in [1.165, 1.54) is 7.11 Å². The minimum atomic E-state index is -0.267. The van der Waals surface area contributed by atoms with Crippen molar-refractivity contribution in [2.24, 2.45) is 0 Å². The van der Waals surface area contributed by atoms with E-state index in [1.54, 1.807) is 12.4 Å². The summed E-state index contributed by atoms with van der Waals surface area (Å²) >= 11 is 0. The summed E-state index contributed by atoms with van der Waals surface area (Å²) in [5.41, 5.74) is 0.657. The first kappa shape index (κ1) is 6.86. The van der Waals surface area contributed by atoms with Crippen molar-refractivity contribution in [3.05, 3.63) is 24.0 Å². The Labute approximate surface area is 59.4 Å². The van der Waals surface area contributed by atoms with Gasteiger partial charge in [0, 0.05) is 12.6 Å². The van der Waals surface area contributed by atoms with Gasteiger partial charge in [0.2, 0.25) is 0 Å². The Morgan fingerprint density at radius 3 is 3.10 bits per heavy atom. The molecule has 0 aromatic heterocycles. The fourth-order valence-corrected chi connectivity index (χ4v) is 0.735. The first-order valence-corrected chi connectivity index (χ1v) is 3.03. The zero-order chi connectivity index (χ0) is 7.40. The van der Waals surface area contributed by atoms with Crippen molar-refractivity contribution in [3.8, 4) is 0 Å². The molecule has 10 heavy (non-hydrogen) atoms. The molecule has 0 radical (unpaired) electrons. The molecule has 1 rings (SSSR count). The first-order chi connectivity index (χ1) is 4.84. The maximum atomic E-state index is 10.8. The summed E-state index contributed by atoms with van der Waals surface area (Å²) in [6.45, 7) is 0. The molecule has 1 heterocycles. The van der Waals surface area contributed by atoms with Crippen LogP contribution >= 0.6 is 0 Å². The van der Waals surface area contributed by atoms with E-state index in [2.05, 4.69) is 10.1 Å². The van der Waals surface area contributed by atoms with Gasteiger partial charge in [0.25, 0.3) is 0 Å². The Morgan fingerprint density at radius 1 is 1.80 bits per heavy atom. The molecule has 0 spiro atoms. The molecular formula is C7H9NO2. The number of dihydropyridines is 1. The number of hydrogen-bond acceptors (Lipinski definition) is 3. The number of carbonyl (C=O) groups excluding carboxylic acids is 1. The molecule has 0 aliphatic carbocycles. The normalized spacial score (nSPS) is 15.5. The lowest BCUT2D eigenvalue weighted by molar-refractivity contribution is -0.136. The van der Waals surface area contributed by atoms with Crippen LogP contribution < -0.4 is 5.32 Å². The lowest BCUT2D eigenvalue weighted by atomic mass is 10.2. The largest absolute Gasteiger partial charge is 0.466 e. The molecule has 3 nitrogen and oxygen atoms in total. The standard InChI is InChI=1S/C7H9NO2/c1-10-7(9)6-3-2-4-8-5-6/h2,4-5,8H,3H2,1H3. The van der Waals surface area contributed by atoms with Crippen LogP contribution in [-0.2, 0) is 9.53 Å². The minimum Gasteiger partial charge on any atom is -0.466 e. The lowest BCUT2D eigenvalue weighted by Gasteiger charge is -2.05. The fourth-order valence-electron chi connectivity index (χ4n) is 0.735. The Balaban J connectivity index is 2.56. The van der Waals surface area contributed by atoms with Crippen molar-refractivity contribution in [3.63, 3.8) is 0 Å². The number of hydrogen-bond donors (Lipinski definition) is 1. The van der Waals surface area contributed by atoms with E-state index in [4.69, 9.17) is 0 Å². The molecule has 0 aromatic carbocycles. The molecule has 0 bridgehead atoms. The SMILES string of the molecule is COC(=O)C1=CNC=CC1. The number of allylic oxidation sites excluding steroid dienone is 1. The zero-order valence-corrected chi connectivity index (χ0v) is 5.76. The maximum Gasteiger partial charge on any atom is 0.335 e. The predicted octanol–water partition coefficient (Wildman–Crippen LogP) is 0.550. The molecule has 3 heteroatoms. The van der Waals surface area contributed by atoms with Gasteiger partial charge in [-0.25, -0.2) is 4.79 Å². The van der Waals surface area contributed by atoms with E-state index in [9.17, 15) is 4.79 Å². The van der Waals surface area contributed by atoms with E-state index >= 15 is 0 Å². The second-order valence-corrected chi connectivity index (χ2v) is 1.93. The van der Waals surface area contributed by atoms with Gasteiger partial charge in [-0.1, -0.05) is 6.08 Å². The molecule has 0 saturated carbocycles. The third-order valence-corrected chi connectivity index (χ3v) is 1.26. The van der Waals surface area contributed by atoms with Crippen molar-refractivity contribution in [2.75, 3.05) is 7.11 Å². The molecule has 0 unspecified atom stereocenters. The third-order valence-electron chi connectivity index (χ3n) is 1.26. The highest BCUT2D eigenvalue weighted by molar-refractivity contribution is 5.88. The molecule has 0 fully saturated rings. The van der Waals surface area contributed by atoms with E-state index < -0.39 is 0 Å². The second kappa shape index (κ2) is 3.06. The van der Waals surface area contributed by atoms with Crippen LogP contribution in [0.5, 0.6) is 0 Å². The average Bonchev–Trinajstić information content (AvgIpc) is 2.05. The van der Waals surface area contributed by atoms with E-state index in [0.717, 1.165) is 0 Å². The summed E-state index contributed by atoms with van der Waals surface area (Å²) in [6.07, 6.45) is 5.95. The molecule has 1 aliphatic rings. The lowest BCUT2D eigenvalue weighted by Crippen LogP contribution is -2.10. The number of esters is 1. The molecule has 0 saturated heterocycles. The van der Waals surface area contributed by atoms with Crippen LogP contribution in [0.15, 0.2) is 24.0 Å². The van der Waals surface area contributed by atoms with Crippen molar-refractivity contribution in [1.82, 2.24) is 5.32 Å². The quantitative estimate of drug-likeness (QED) is 0.539. The molecule has 54 valence electrons. The summed E-state index contributed by atoms with van der Waals surface area (Å²) in [5, 5.41) is 2.81. The molecule has 0 atom stereocenters. The van der Waals surface area contributed by atoms with E-state index in [1.807, 2.05) is 6.08 Å². The maximum absolute atomic E-state index is 10.8. The monoisotopic (exact) mass is 139 g/mol. The minimum absolute atomic E-state index is 0.267. The van der Waals surface area contributed by atoms with Crippen LogP contribution in [0.4, 0.5) is 0 Å². The number of methoxy groups -OCH3 is 1. The van der Waals surface area contributed by atoms with Gasteiger partial charge in [0.1, 0.15) is 0 Å². The van der Waals surface area contributed by atoms with Crippen molar-refractivity contribution in [2.45, 2.75) is 6.42 Å². The van der Waals surface area contributed by atoms with Crippen LogP contribution in [0.25, 0.3) is 0 Å². The van der Waals surface area contributed by atoms with Gasteiger partial charge < -0.3 is 10.1 Å². The highest BCUT2D eigenvalue weighted by atomic mass is 16.5. The van der Waals surface area contributed by atoms with Crippen molar-refractivity contribution >= 4 is 5.97 Å². The predicted molar refractivity (Wildman–Crippen MR) is 37.0 cm³/mol. The Bertz CT molecular complexity index is 194. The first-order valence-electron chi connectivity index (χ1n) is 3.03. The summed E-state index contributed by atoms with van der Waals surface area (Å²) in [4.78, 5) is 10.8. The van der Waals surface area contributed by atoms with Crippen LogP contribution in [-0.4, -0.2) is 13.1 Å². The molecule has 0 amide bonds. The number of ether oxygens (including phenoxy) is 1. The molecular weight excluding hydrogens is 130 g/mol. The highest BCUT2D eigenvalue weighted by Gasteiger charge is 2.08. The van der Waals surface area contributed by atoms with Crippen molar-refractivity contribution < 1.29 is 9.53 Å². The summed E-state index contributed by atoms with van der Waals surface area (Å²) in [6, 6.07) is 0. The smallest absolute Gasteiger partial charge is 0.335 e. The topological polar surface area (TPSA) is 38.3 Å². The highest BCUT2D eigenvalue weighted by Crippen LogP contribution is 2.05. The number of rotatable bonds is 1. The van der Waals surface area contributed by atoms with E-state index in [0.29, 0.717) is 12.0 Å². The molecule has 1 aliphatic heterocycles. The molecule has 1 N–H and O–H groups in total. The summed E-state index contributed by atoms with van der Waals surface area (Å²) in [7, 11) is 1.38. The Kier molecular flexibility index (Phi) is 2.10. The van der Waals surface area contributed by atoms with Crippen LogP contribution in [0.1, 0.15) is 6.42 Å². The fraction of sp³-hybridized carbons (Fsp3) is 0.286. The Morgan fingerprint density at radius 2 is 2.60 bits per heavy atom. The van der Waals surface area contributed by atoms with Crippen LogP contribution in [0, 0.1) is 0 Å². The van der Waals surface area contributed by atoms with Gasteiger partial charge in [-0.3, -0.25) is 0 Å². The average molecular weight is 139 g/mol. The van der Waals surface area contributed by atoms with Crippen LogP contribution in [0.3, 0.4) is 0 Å². The van der Waals surface area contributed by atoms with Crippen LogP contribution in [0.2, 0.25) is 0 Å². The van der Waals surface area contributed by atoms with Gasteiger partial charge in [-0.05, 0) is 6.20 Å².